The Morgan fingerprint density at radius 3 is 2.78 bits per heavy atom. The molecule has 3 fully saturated rings. The van der Waals surface area contributed by atoms with E-state index in [0.717, 1.165) is 24.7 Å². The lowest BCUT2D eigenvalue weighted by molar-refractivity contribution is -0.118. The highest BCUT2D eigenvalue weighted by Gasteiger charge is 2.57. The van der Waals surface area contributed by atoms with Crippen molar-refractivity contribution < 1.29 is 14.3 Å². The smallest absolute Gasteiger partial charge is 0.414 e. The molecule has 1 saturated carbocycles. The number of hydrogen-bond donors (Lipinski definition) is 2. The molecule has 2 aliphatic heterocycles. The van der Waals surface area contributed by atoms with Crippen LogP contribution in [-0.2, 0) is 14.9 Å². The number of amides is 2. The molecule has 2 saturated heterocycles. The van der Waals surface area contributed by atoms with Crippen molar-refractivity contribution in [3.8, 4) is 0 Å². The summed E-state index contributed by atoms with van der Waals surface area (Å²) in [6.07, 6.45) is 1.37. The van der Waals surface area contributed by atoms with Gasteiger partial charge in [0.15, 0.2) is 0 Å². The average Bonchev–Trinajstić information content (AvgIpc) is 2.90. The van der Waals surface area contributed by atoms with Crippen LogP contribution >= 0.6 is 0 Å². The van der Waals surface area contributed by atoms with Crippen molar-refractivity contribution in [3.05, 3.63) is 29.8 Å². The van der Waals surface area contributed by atoms with Gasteiger partial charge in [-0.3, -0.25) is 9.69 Å². The minimum Gasteiger partial charge on any atom is -0.444 e. The Kier molecular flexibility index (Phi) is 3.30. The Labute approximate surface area is 135 Å². The number of fused-ring (bicyclic) bond motifs is 1. The summed E-state index contributed by atoms with van der Waals surface area (Å²) in [6, 6.07) is 8.25. The third-order valence-corrected chi connectivity index (χ3v) is 5.40. The van der Waals surface area contributed by atoms with Gasteiger partial charge in [0, 0.05) is 24.1 Å². The normalized spacial score (nSPS) is 31.8. The quantitative estimate of drug-likeness (QED) is 0.853. The fraction of sp³-hybridized carbons (Fsp3) is 0.529. The second kappa shape index (κ2) is 5.23. The molecule has 1 aromatic rings. The molecule has 3 aliphatic rings. The number of rotatable bonds is 5. The Bertz CT molecular complexity index is 645. The molecule has 23 heavy (non-hydrogen) atoms. The number of ether oxygens (including phenoxy) is 1. The van der Waals surface area contributed by atoms with Crippen molar-refractivity contribution in [1.29, 1.82) is 0 Å². The number of anilines is 1. The fourth-order valence-corrected chi connectivity index (χ4v) is 3.95. The maximum Gasteiger partial charge on any atom is 0.414 e. The van der Waals surface area contributed by atoms with E-state index in [-0.39, 0.29) is 24.5 Å². The second-order valence-corrected chi connectivity index (χ2v) is 6.86. The zero-order valence-electron chi connectivity index (χ0n) is 13.0. The van der Waals surface area contributed by atoms with E-state index in [1.807, 2.05) is 12.1 Å². The molecule has 2 heterocycles. The minimum atomic E-state index is -0.368. The molecule has 0 bridgehead atoms. The van der Waals surface area contributed by atoms with Crippen LogP contribution in [0, 0.1) is 5.92 Å². The minimum absolute atomic E-state index is 0.238. The van der Waals surface area contributed by atoms with E-state index in [9.17, 15) is 9.59 Å². The number of nitrogens with one attached hydrogen (secondary N) is 1. The number of benzene rings is 1. The van der Waals surface area contributed by atoms with E-state index in [1.54, 1.807) is 4.90 Å². The molecular weight excluding hydrogens is 294 g/mol. The van der Waals surface area contributed by atoms with Crippen LogP contribution in [0.25, 0.3) is 0 Å². The molecule has 0 unspecified atom stereocenters. The van der Waals surface area contributed by atoms with Gasteiger partial charge in [-0.05, 0) is 43.0 Å². The molecule has 6 nitrogen and oxygen atoms in total. The third kappa shape index (κ3) is 2.47. The molecular formula is C17H21N3O3. The number of carbonyl (C=O) groups excluding carboxylic acids is 2. The zero-order valence-corrected chi connectivity index (χ0v) is 13.0. The van der Waals surface area contributed by atoms with Crippen LogP contribution in [0.1, 0.15) is 24.8 Å². The van der Waals surface area contributed by atoms with Crippen molar-refractivity contribution >= 4 is 17.7 Å². The van der Waals surface area contributed by atoms with Gasteiger partial charge < -0.3 is 15.8 Å². The lowest BCUT2D eigenvalue weighted by Crippen LogP contribution is -2.25. The number of primary amides is 1. The van der Waals surface area contributed by atoms with Crippen LogP contribution < -0.4 is 16.0 Å². The molecule has 3 atom stereocenters. The fourth-order valence-electron chi connectivity index (χ4n) is 3.95. The van der Waals surface area contributed by atoms with Crippen molar-refractivity contribution in [1.82, 2.24) is 5.32 Å². The van der Waals surface area contributed by atoms with E-state index in [2.05, 4.69) is 17.4 Å². The van der Waals surface area contributed by atoms with Gasteiger partial charge in [-0.25, -0.2) is 4.79 Å². The first-order chi connectivity index (χ1) is 11.1. The van der Waals surface area contributed by atoms with E-state index in [1.165, 1.54) is 12.0 Å². The molecule has 0 radical (unpaired) electrons. The monoisotopic (exact) mass is 315 g/mol. The maximum atomic E-state index is 12.0. The first kappa shape index (κ1) is 14.5. The summed E-state index contributed by atoms with van der Waals surface area (Å²) in [6.45, 7) is 2.64. The highest BCUT2D eigenvalue weighted by molar-refractivity contribution is 5.89. The van der Waals surface area contributed by atoms with Crippen molar-refractivity contribution in [2.75, 3.05) is 24.5 Å². The summed E-state index contributed by atoms with van der Waals surface area (Å²) >= 11 is 0. The van der Waals surface area contributed by atoms with Gasteiger partial charge in [-0.1, -0.05) is 12.1 Å². The first-order valence-corrected chi connectivity index (χ1v) is 8.16. The Morgan fingerprint density at radius 1 is 1.39 bits per heavy atom. The summed E-state index contributed by atoms with van der Waals surface area (Å²) in [4.78, 5) is 24.5. The van der Waals surface area contributed by atoms with Gasteiger partial charge in [0.05, 0.1) is 6.54 Å². The average molecular weight is 315 g/mol. The number of cyclic esters (lactones) is 1. The van der Waals surface area contributed by atoms with E-state index >= 15 is 0 Å². The van der Waals surface area contributed by atoms with Gasteiger partial charge in [-0.15, -0.1) is 0 Å². The summed E-state index contributed by atoms with van der Waals surface area (Å²) in [7, 11) is 0. The van der Waals surface area contributed by atoms with E-state index in [4.69, 9.17) is 10.5 Å². The summed E-state index contributed by atoms with van der Waals surface area (Å²) in [5, 5.41) is 3.44. The van der Waals surface area contributed by atoms with Gasteiger partial charge in [0.2, 0.25) is 5.91 Å². The molecule has 6 heteroatoms. The van der Waals surface area contributed by atoms with E-state index < -0.39 is 0 Å². The molecule has 3 N–H and O–H groups in total. The number of nitrogens with two attached hydrogens (primary N) is 1. The van der Waals surface area contributed by atoms with Crippen LogP contribution in [0.15, 0.2) is 24.3 Å². The SMILES string of the molecule is NC(=O)CC[C@H]1CN(c2ccc([C@@]34CNC[C@@H]3C4)cc2)C(=O)O1. The topological polar surface area (TPSA) is 84.7 Å². The summed E-state index contributed by atoms with van der Waals surface area (Å²) in [5.41, 5.74) is 7.68. The van der Waals surface area contributed by atoms with Crippen LogP contribution in [0.5, 0.6) is 0 Å². The Morgan fingerprint density at radius 2 is 2.17 bits per heavy atom. The number of carbonyl (C=O) groups is 2. The molecule has 1 aliphatic carbocycles. The van der Waals surface area contributed by atoms with Crippen molar-refractivity contribution in [2.45, 2.75) is 30.8 Å². The van der Waals surface area contributed by atoms with Gasteiger partial charge in [-0.2, -0.15) is 0 Å². The van der Waals surface area contributed by atoms with Crippen LogP contribution in [-0.4, -0.2) is 37.7 Å². The Hall–Kier alpha value is -2.08. The molecule has 1 aromatic carbocycles. The molecule has 0 spiro atoms. The molecule has 4 rings (SSSR count). The maximum absolute atomic E-state index is 12.0. The van der Waals surface area contributed by atoms with Gasteiger partial charge >= 0.3 is 6.09 Å². The van der Waals surface area contributed by atoms with Gasteiger partial charge in [0.25, 0.3) is 0 Å². The van der Waals surface area contributed by atoms with Crippen LogP contribution in [0.2, 0.25) is 0 Å². The third-order valence-electron chi connectivity index (χ3n) is 5.40. The first-order valence-electron chi connectivity index (χ1n) is 8.16. The molecule has 2 amide bonds. The zero-order chi connectivity index (χ0) is 16.0. The van der Waals surface area contributed by atoms with Crippen molar-refractivity contribution in [3.63, 3.8) is 0 Å². The number of nitrogens with zero attached hydrogens (tertiary/aromatic N) is 1. The predicted octanol–water partition coefficient (Wildman–Crippen LogP) is 1.14. The van der Waals surface area contributed by atoms with Crippen LogP contribution in [0.3, 0.4) is 0 Å². The highest BCUT2D eigenvalue weighted by Crippen LogP contribution is 2.56. The summed E-state index contributed by atoms with van der Waals surface area (Å²) in [5.74, 6) is 0.399. The van der Waals surface area contributed by atoms with Crippen molar-refractivity contribution in [2.24, 2.45) is 11.7 Å². The molecule has 122 valence electrons. The molecule has 0 aromatic heterocycles. The lowest BCUT2D eigenvalue weighted by Gasteiger charge is -2.16. The number of piperidine rings is 1. The largest absolute Gasteiger partial charge is 0.444 e. The Balaban J connectivity index is 1.44. The van der Waals surface area contributed by atoms with E-state index in [0.29, 0.717) is 18.4 Å². The standard InChI is InChI=1S/C17H21N3O3/c18-15(21)6-5-14-9-20(16(22)23-14)13-3-1-11(2-4-13)17-7-12(17)8-19-10-17/h1-4,12,14,19H,5-10H2,(H2,18,21)/t12-,14-,17+/m0/s1. The lowest BCUT2D eigenvalue weighted by atomic mass is 9.95. The second-order valence-electron chi connectivity index (χ2n) is 6.86. The predicted molar refractivity (Wildman–Crippen MR) is 85.1 cm³/mol. The number of hydrogen-bond acceptors (Lipinski definition) is 4. The van der Waals surface area contributed by atoms with Crippen LogP contribution in [0.4, 0.5) is 10.5 Å². The van der Waals surface area contributed by atoms with Gasteiger partial charge in [0.1, 0.15) is 6.10 Å². The highest BCUT2D eigenvalue weighted by atomic mass is 16.6. The summed E-state index contributed by atoms with van der Waals surface area (Å²) < 4.78 is 5.31.